The second-order valence-electron chi connectivity index (χ2n) is 4.18. The molecule has 0 aliphatic heterocycles. The molecule has 0 saturated heterocycles. The number of methoxy groups -OCH3 is 2. The van der Waals surface area contributed by atoms with E-state index in [1.54, 1.807) is 19.1 Å². The largest absolute Gasteiger partial charge is 0.496 e. The van der Waals surface area contributed by atoms with E-state index in [2.05, 4.69) is 0 Å². The Bertz CT molecular complexity index is 391. The first kappa shape index (κ1) is 13.8. The van der Waals surface area contributed by atoms with E-state index >= 15 is 0 Å². The third-order valence-electron chi connectivity index (χ3n) is 2.98. The molecule has 0 fully saturated rings. The van der Waals surface area contributed by atoms with Crippen LogP contribution in [0.3, 0.4) is 0 Å². The van der Waals surface area contributed by atoms with E-state index in [1.165, 1.54) is 0 Å². The standard InChI is InChI=1S/C13H21NO3/c1-9-10(2)13(17-5)11(6-12(9)16-4)7-14(3)8-15/h6,15H,7-8H2,1-5H3. The SMILES string of the molecule is COc1cc(CN(C)CO)c(OC)c(C)c1C. The van der Waals surface area contributed by atoms with E-state index in [9.17, 15) is 0 Å². The maximum atomic E-state index is 9.06. The Morgan fingerprint density at radius 2 is 1.82 bits per heavy atom. The molecule has 1 N–H and O–H groups in total. The molecule has 0 aromatic heterocycles. The van der Waals surface area contributed by atoms with E-state index < -0.39 is 0 Å². The Balaban J connectivity index is 3.22. The van der Waals surface area contributed by atoms with E-state index in [0.717, 1.165) is 28.2 Å². The highest BCUT2D eigenvalue weighted by Gasteiger charge is 2.14. The van der Waals surface area contributed by atoms with E-state index in [4.69, 9.17) is 14.6 Å². The maximum absolute atomic E-state index is 9.06. The molecule has 1 aromatic rings. The zero-order valence-corrected chi connectivity index (χ0v) is 11.2. The molecule has 0 atom stereocenters. The van der Waals surface area contributed by atoms with Crippen LogP contribution in [0.5, 0.6) is 11.5 Å². The van der Waals surface area contributed by atoms with Crippen molar-refractivity contribution in [2.45, 2.75) is 20.4 Å². The van der Waals surface area contributed by atoms with Crippen LogP contribution in [0.1, 0.15) is 16.7 Å². The number of rotatable bonds is 5. The van der Waals surface area contributed by atoms with Gasteiger partial charge in [0.15, 0.2) is 0 Å². The second kappa shape index (κ2) is 5.89. The van der Waals surface area contributed by atoms with Gasteiger partial charge in [-0.25, -0.2) is 0 Å². The van der Waals surface area contributed by atoms with Gasteiger partial charge in [0.1, 0.15) is 11.5 Å². The average molecular weight is 239 g/mol. The van der Waals surface area contributed by atoms with Crippen LogP contribution in [-0.2, 0) is 6.54 Å². The van der Waals surface area contributed by atoms with Gasteiger partial charge in [-0.1, -0.05) is 0 Å². The molecule has 1 rings (SSSR count). The number of nitrogens with zero attached hydrogens (tertiary/aromatic N) is 1. The van der Waals surface area contributed by atoms with Crippen LogP contribution >= 0.6 is 0 Å². The molecule has 0 heterocycles. The molecule has 1 aromatic carbocycles. The lowest BCUT2D eigenvalue weighted by Crippen LogP contribution is -2.19. The van der Waals surface area contributed by atoms with Crippen LogP contribution in [0, 0.1) is 13.8 Å². The molecule has 0 bridgehead atoms. The molecule has 0 aliphatic carbocycles. The highest BCUT2D eigenvalue weighted by Crippen LogP contribution is 2.33. The Morgan fingerprint density at radius 1 is 1.18 bits per heavy atom. The molecule has 17 heavy (non-hydrogen) atoms. The number of hydrogen-bond acceptors (Lipinski definition) is 4. The van der Waals surface area contributed by atoms with Crippen LogP contribution in [-0.4, -0.2) is 38.0 Å². The highest BCUT2D eigenvalue weighted by molar-refractivity contribution is 5.52. The van der Waals surface area contributed by atoms with Gasteiger partial charge in [0.2, 0.25) is 0 Å². The zero-order chi connectivity index (χ0) is 13.0. The molecule has 0 spiro atoms. The molecule has 0 radical (unpaired) electrons. The minimum atomic E-state index is 0.0123. The van der Waals surface area contributed by atoms with Crippen molar-refractivity contribution in [3.05, 3.63) is 22.8 Å². The van der Waals surface area contributed by atoms with Crippen molar-refractivity contribution in [3.63, 3.8) is 0 Å². The normalized spacial score (nSPS) is 10.8. The predicted molar refractivity (Wildman–Crippen MR) is 67.6 cm³/mol. The maximum Gasteiger partial charge on any atom is 0.126 e. The van der Waals surface area contributed by atoms with Gasteiger partial charge in [-0.2, -0.15) is 0 Å². The molecule has 0 amide bonds. The summed E-state index contributed by atoms with van der Waals surface area (Å²) in [4.78, 5) is 1.80. The Morgan fingerprint density at radius 3 is 2.29 bits per heavy atom. The van der Waals surface area contributed by atoms with Crippen molar-refractivity contribution >= 4 is 0 Å². The summed E-state index contributed by atoms with van der Waals surface area (Å²) in [6.45, 7) is 4.66. The fraction of sp³-hybridized carbons (Fsp3) is 0.538. The highest BCUT2D eigenvalue weighted by atomic mass is 16.5. The first-order valence-electron chi connectivity index (χ1n) is 5.55. The Kier molecular flexibility index (Phi) is 4.78. The summed E-state index contributed by atoms with van der Waals surface area (Å²) in [5, 5.41) is 9.06. The van der Waals surface area contributed by atoms with Gasteiger partial charge in [0, 0.05) is 12.1 Å². The average Bonchev–Trinajstić information content (AvgIpc) is 2.33. The van der Waals surface area contributed by atoms with E-state index in [1.807, 2.05) is 27.0 Å². The van der Waals surface area contributed by atoms with Crippen molar-refractivity contribution in [1.82, 2.24) is 4.90 Å². The lowest BCUT2D eigenvalue weighted by molar-refractivity contribution is 0.126. The Labute approximate surface area is 103 Å². The monoisotopic (exact) mass is 239 g/mol. The molecular formula is C13H21NO3. The Hall–Kier alpha value is -1.26. The van der Waals surface area contributed by atoms with Crippen LogP contribution in [0.15, 0.2) is 6.07 Å². The first-order valence-corrected chi connectivity index (χ1v) is 5.55. The molecular weight excluding hydrogens is 218 g/mol. The predicted octanol–water partition coefficient (Wildman–Crippen LogP) is 1.70. The van der Waals surface area contributed by atoms with Crippen molar-refractivity contribution in [1.29, 1.82) is 0 Å². The van der Waals surface area contributed by atoms with E-state index in [0.29, 0.717) is 6.54 Å². The lowest BCUT2D eigenvalue weighted by atomic mass is 10.0. The number of hydrogen-bond donors (Lipinski definition) is 1. The first-order chi connectivity index (χ1) is 8.04. The van der Waals surface area contributed by atoms with Gasteiger partial charge in [0.05, 0.1) is 21.0 Å². The fourth-order valence-electron chi connectivity index (χ4n) is 1.88. The second-order valence-corrected chi connectivity index (χ2v) is 4.18. The van der Waals surface area contributed by atoms with Gasteiger partial charge < -0.3 is 14.6 Å². The molecule has 0 saturated carbocycles. The third kappa shape index (κ3) is 2.90. The third-order valence-corrected chi connectivity index (χ3v) is 2.98. The van der Waals surface area contributed by atoms with Gasteiger partial charge in [-0.3, -0.25) is 4.90 Å². The van der Waals surface area contributed by atoms with Gasteiger partial charge in [-0.05, 0) is 38.1 Å². The summed E-state index contributed by atoms with van der Waals surface area (Å²) in [6, 6.07) is 1.97. The number of aliphatic hydroxyl groups excluding tert-OH is 1. The van der Waals surface area contributed by atoms with Gasteiger partial charge in [-0.15, -0.1) is 0 Å². The summed E-state index contributed by atoms with van der Waals surface area (Å²) >= 11 is 0. The van der Waals surface area contributed by atoms with Crippen molar-refractivity contribution in [2.75, 3.05) is 28.0 Å². The molecule has 4 nitrogen and oxygen atoms in total. The van der Waals surface area contributed by atoms with Gasteiger partial charge in [0.25, 0.3) is 0 Å². The number of benzene rings is 1. The number of ether oxygens (including phenoxy) is 2. The lowest BCUT2D eigenvalue weighted by Gasteiger charge is -2.20. The smallest absolute Gasteiger partial charge is 0.126 e. The van der Waals surface area contributed by atoms with Crippen molar-refractivity contribution in [2.24, 2.45) is 0 Å². The fourth-order valence-corrected chi connectivity index (χ4v) is 1.88. The molecule has 0 aliphatic rings. The summed E-state index contributed by atoms with van der Waals surface area (Å²) in [5.74, 6) is 1.72. The summed E-state index contributed by atoms with van der Waals surface area (Å²) < 4.78 is 10.8. The van der Waals surface area contributed by atoms with Crippen LogP contribution in [0.25, 0.3) is 0 Å². The van der Waals surface area contributed by atoms with Crippen molar-refractivity contribution in [3.8, 4) is 11.5 Å². The molecule has 0 unspecified atom stereocenters. The summed E-state index contributed by atoms with van der Waals surface area (Å²) in [5.41, 5.74) is 3.18. The minimum absolute atomic E-state index is 0.0123. The van der Waals surface area contributed by atoms with Crippen LogP contribution in [0.2, 0.25) is 0 Å². The quantitative estimate of drug-likeness (QED) is 0.794. The summed E-state index contributed by atoms with van der Waals surface area (Å²) in [6.07, 6.45) is 0. The van der Waals surface area contributed by atoms with Crippen LogP contribution < -0.4 is 9.47 Å². The van der Waals surface area contributed by atoms with Crippen LogP contribution in [0.4, 0.5) is 0 Å². The van der Waals surface area contributed by atoms with E-state index in [-0.39, 0.29) is 6.73 Å². The summed E-state index contributed by atoms with van der Waals surface area (Å²) in [7, 11) is 5.17. The number of aliphatic hydroxyl groups is 1. The van der Waals surface area contributed by atoms with Gasteiger partial charge >= 0.3 is 0 Å². The minimum Gasteiger partial charge on any atom is -0.496 e. The molecule has 96 valence electrons. The topological polar surface area (TPSA) is 41.9 Å². The van der Waals surface area contributed by atoms with Crippen molar-refractivity contribution < 1.29 is 14.6 Å². The molecule has 4 heteroatoms. The zero-order valence-electron chi connectivity index (χ0n) is 11.2.